The molecule has 0 saturated carbocycles. The third kappa shape index (κ3) is 9.29. The van der Waals surface area contributed by atoms with E-state index < -0.39 is 78.5 Å². The number of aliphatic carboxylic acids is 2. The molecule has 0 aliphatic carbocycles. The van der Waals surface area contributed by atoms with Gasteiger partial charge in [-0.1, -0.05) is 53.0 Å². The van der Waals surface area contributed by atoms with Gasteiger partial charge in [-0.3, -0.25) is 0 Å². The second-order valence-electron chi connectivity index (χ2n) is 12.8. The number of benzene rings is 4. The molecule has 2 N–H and O–H groups in total. The fourth-order valence-electron chi connectivity index (χ4n) is 6.39. The Labute approximate surface area is 344 Å². The van der Waals surface area contributed by atoms with Crippen LogP contribution in [0, 0.1) is 25.5 Å². The summed E-state index contributed by atoms with van der Waals surface area (Å²) in [7, 11) is 0. The van der Waals surface area contributed by atoms with Gasteiger partial charge in [-0.05, 0) is 84.6 Å². The topological polar surface area (TPSA) is 137 Å². The molecule has 0 radical (unpaired) electrons. The SMILES string of the molecule is Cc1c(Cc2ccc(Cl)cc2F)c(OC(F)F)nc2c(F)ccc(OC(C(=O)O)C(Oc3ccc(Cl)c4nc(OC(F)F)c(Cc5ccc(Cl)cc5)c(C)c34)C(=O)O)c12. The average Bonchev–Trinajstić information content (AvgIpc) is 3.15. The Bertz CT molecular complexity index is 2600. The highest BCUT2D eigenvalue weighted by Crippen LogP contribution is 2.41. The van der Waals surface area contributed by atoms with Gasteiger partial charge in [0, 0.05) is 44.8 Å². The van der Waals surface area contributed by atoms with Crippen molar-refractivity contribution in [2.24, 2.45) is 0 Å². The lowest BCUT2D eigenvalue weighted by atomic mass is 9.97. The van der Waals surface area contributed by atoms with Crippen molar-refractivity contribution in [3.63, 3.8) is 0 Å². The zero-order valence-electron chi connectivity index (χ0n) is 30.2. The maximum absolute atomic E-state index is 15.4. The Balaban J connectivity index is 1.46. The minimum absolute atomic E-state index is 0.0105. The lowest BCUT2D eigenvalue weighted by Crippen LogP contribution is -2.47. The van der Waals surface area contributed by atoms with Gasteiger partial charge in [-0.2, -0.15) is 17.6 Å². The average molecular weight is 884 g/mol. The van der Waals surface area contributed by atoms with E-state index in [9.17, 15) is 41.8 Å². The van der Waals surface area contributed by atoms with E-state index in [-0.39, 0.29) is 66.3 Å². The number of carboxylic acids is 2. The molecule has 19 heteroatoms. The quantitative estimate of drug-likeness (QED) is 0.0959. The van der Waals surface area contributed by atoms with E-state index >= 15 is 4.39 Å². The molecule has 2 heterocycles. The van der Waals surface area contributed by atoms with Gasteiger partial charge in [0.1, 0.15) is 28.7 Å². The molecule has 59 heavy (non-hydrogen) atoms. The Hall–Kier alpha value is -5.71. The summed E-state index contributed by atoms with van der Waals surface area (Å²) in [5.74, 6) is -7.70. The highest BCUT2D eigenvalue weighted by Gasteiger charge is 2.40. The molecule has 6 aromatic rings. The molecule has 0 fully saturated rings. The molecule has 0 saturated heterocycles. The molecule has 308 valence electrons. The number of rotatable bonds is 15. The lowest BCUT2D eigenvalue weighted by Gasteiger charge is -2.25. The maximum Gasteiger partial charge on any atom is 0.388 e. The molecule has 2 unspecified atom stereocenters. The number of carbonyl (C=O) groups is 2. The first kappa shape index (κ1) is 42.9. The van der Waals surface area contributed by atoms with Crippen LogP contribution in [0.2, 0.25) is 15.1 Å². The van der Waals surface area contributed by atoms with E-state index in [1.165, 1.54) is 38.1 Å². The Morgan fingerprint density at radius 3 is 1.64 bits per heavy atom. The highest BCUT2D eigenvalue weighted by molar-refractivity contribution is 6.35. The molecular weight excluding hydrogens is 857 g/mol. The normalized spacial score (nSPS) is 12.6. The number of nitrogens with zero attached hydrogens (tertiary/aromatic N) is 2. The van der Waals surface area contributed by atoms with E-state index in [0.717, 1.165) is 18.2 Å². The van der Waals surface area contributed by atoms with Crippen LogP contribution < -0.4 is 18.9 Å². The Morgan fingerprint density at radius 1 is 0.627 bits per heavy atom. The molecule has 0 spiro atoms. The minimum Gasteiger partial charge on any atom is -0.478 e. The summed E-state index contributed by atoms with van der Waals surface area (Å²) in [6.07, 6.45) is -5.31. The molecule has 4 aromatic carbocycles. The number of carboxylic acid groups (broad SMARTS) is 2. The van der Waals surface area contributed by atoms with Crippen LogP contribution in [0.3, 0.4) is 0 Å². The standard InChI is InChI=1S/C40H27Cl3F6N2O8/c1-16-22(13-18-3-6-20(41)7-4-18)35(58-39(46)47)50-31-24(43)9-11-27(29(16)31)56-33(37(52)53)34(38(54)55)57-28-12-10-25(44)32-30(28)17(2)23(36(51-32)59-40(48)49)14-19-5-8-21(42)15-26(19)45/h3-12,15,33-34,39-40H,13-14H2,1-2H3,(H,52,53)(H,54,55). The zero-order chi connectivity index (χ0) is 42.9. The van der Waals surface area contributed by atoms with Crippen LogP contribution in [0.25, 0.3) is 21.8 Å². The van der Waals surface area contributed by atoms with Crippen molar-refractivity contribution in [1.29, 1.82) is 0 Å². The van der Waals surface area contributed by atoms with Crippen molar-refractivity contribution in [3.8, 4) is 23.3 Å². The fourth-order valence-corrected chi connectivity index (χ4v) is 6.88. The Kier molecular flexibility index (Phi) is 12.8. The van der Waals surface area contributed by atoms with Gasteiger partial charge in [-0.15, -0.1) is 0 Å². The van der Waals surface area contributed by atoms with Crippen LogP contribution in [0.1, 0.15) is 33.4 Å². The largest absolute Gasteiger partial charge is 0.478 e. The number of halogens is 9. The van der Waals surface area contributed by atoms with Gasteiger partial charge in [0.2, 0.25) is 24.0 Å². The number of alkyl halides is 4. The first-order valence-corrected chi connectivity index (χ1v) is 18.2. The van der Waals surface area contributed by atoms with E-state index in [4.69, 9.17) is 49.0 Å². The predicted molar refractivity (Wildman–Crippen MR) is 204 cm³/mol. The van der Waals surface area contributed by atoms with E-state index in [0.29, 0.717) is 10.6 Å². The number of ether oxygens (including phenoxy) is 4. The highest BCUT2D eigenvalue weighted by atomic mass is 35.5. The third-order valence-electron chi connectivity index (χ3n) is 9.13. The number of hydrogen-bond donors (Lipinski definition) is 2. The smallest absolute Gasteiger partial charge is 0.388 e. The van der Waals surface area contributed by atoms with Crippen molar-refractivity contribution in [1.82, 2.24) is 9.97 Å². The summed E-state index contributed by atoms with van der Waals surface area (Å²) in [6, 6.07) is 14.1. The molecule has 0 amide bonds. The summed E-state index contributed by atoms with van der Waals surface area (Å²) in [5.41, 5.74) is -0.165. The number of aryl methyl sites for hydroxylation is 2. The van der Waals surface area contributed by atoms with Crippen LogP contribution in [0.15, 0.2) is 66.7 Å². The van der Waals surface area contributed by atoms with Gasteiger partial charge >= 0.3 is 25.2 Å². The lowest BCUT2D eigenvalue weighted by molar-refractivity contribution is -0.161. The van der Waals surface area contributed by atoms with Crippen molar-refractivity contribution >= 4 is 68.5 Å². The molecule has 0 aliphatic rings. The molecule has 2 aromatic heterocycles. The van der Waals surface area contributed by atoms with Gasteiger partial charge in [-0.25, -0.2) is 28.3 Å². The first-order valence-electron chi connectivity index (χ1n) is 17.0. The molecule has 0 bridgehead atoms. The van der Waals surface area contributed by atoms with Crippen LogP contribution in [-0.2, 0) is 22.4 Å². The molecular formula is C40H27Cl3F6N2O8. The van der Waals surface area contributed by atoms with Gasteiger partial charge in [0.25, 0.3) is 0 Å². The first-order chi connectivity index (χ1) is 27.9. The summed E-state index contributed by atoms with van der Waals surface area (Å²) >= 11 is 18.3. The Morgan fingerprint density at radius 2 is 1.12 bits per heavy atom. The predicted octanol–water partition coefficient (Wildman–Crippen LogP) is 10.4. The zero-order valence-corrected chi connectivity index (χ0v) is 32.5. The second-order valence-corrected chi connectivity index (χ2v) is 14.1. The fraction of sp³-hybridized carbons (Fsp3) is 0.200. The van der Waals surface area contributed by atoms with E-state index in [1.807, 2.05) is 0 Å². The van der Waals surface area contributed by atoms with Crippen LogP contribution in [-0.4, -0.2) is 57.6 Å². The number of fused-ring (bicyclic) bond motifs is 2. The third-order valence-corrected chi connectivity index (χ3v) is 9.92. The van der Waals surface area contributed by atoms with Crippen molar-refractivity contribution in [2.75, 3.05) is 0 Å². The van der Waals surface area contributed by atoms with E-state index in [1.54, 1.807) is 24.3 Å². The van der Waals surface area contributed by atoms with Gasteiger partial charge in [0.05, 0.1) is 10.5 Å². The van der Waals surface area contributed by atoms with Crippen molar-refractivity contribution in [3.05, 3.63) is 127 Å². The molecule has 0 aliphatic heterocycles. The number of pyridine rings is 2. The van der Waals surface area contributed by atoms with E-state index in [2.05, 4.69) is 14.7 Å². The minimum atomic E-state index is -3.44. The summed E-state index contributed by atoms with van der Waals surface area (Å²) < 4.78 is 106. The van der Waals surface area contributed by atoms with Crippen LogP contribution >= 0.6 is 34.8 Å². The van der Waals surface area contributed by atoms with Crippen LogP contribution in [0.4, 0.5) is 26.3 Å². The summed E-state index contributed by atoms with van der Waals surface area (Å²) in [6.45, 7) is -3.95. The van der Waals surface area contributed by atoms with Crippen molar-refractivity contribution in [2.45, 2.75) is 52.1 Å². The van der Waals surface area contributed by atoms with Crippen molar-refractivity contribution < 1.29 is 65.1 Å². The number of aromatic nitrogens is 2. The molecule has 10 nitrogen and oxygen atoms in total. The second kappa shape index (κ2) is 17.6. The monoisotopic (exact) mass is 882 g/mol. The molecule has 2 atom stereocenters. The number of hydrogen-bond acceptors (Lipinski definition) is 8. The van der Waals surface area contributed by atoms with Gasteiger partial charge in [0.15, 0.2) is 0 Å². The maximum atomic E-state index is 15.4. The molecule has 6 rings (SSSR count). The summed E-state index contributed by atoms with van der Waals surface area (Å²) in [5, 5.41) is 20.9. The summed E-state index contributed by atoms with van der Waals surface area (Å²) in [4.78, 5) is 33.8. The van der Waals surface area contributed by atoms with Gasteiger partial charge < -0.3 is 29.2 Å². The van der Waals surface area contributed by atoms with Crippen LogP contribution in [0.5, 0.6) is 23.3 Å².